The third kappa shape index (κ3) is 2.40. The SMILES string of the molecule is Cc1ccc(SC2CCOC2C)c(C#N)c1. The Labute approximate surface area is 101 Å². The second-order valence-corrected chi connectivity index (χ2v) is 5.41. The van der Waals surface area contributed by atoms with Gasteiger partial charge in [0.1, 0.15) is 6.07 Å². The minimum absolute atomic E-state index is 0.290. The summed E-state index contributed by atoms with van der Waals surface area (Å²) in [5.74, 6) is 0. The molecule has 2 nitrogen and oxygen atoms in total. The lowest BCUT2D eigenvalue weighted by molar-refractivity contribution is 0.127. The van der Waals surface area contributed by atoms with Gasteiger partial charge in [-0.1, -0.05) is 6.07 Å². The minimum atomic E-state index is 0.290. The molecular formula is C13H15NOS. The number of nitrogens with zero attached hydrogens (tertiary/aromatic N) is 1. The van der Waals surface area contributed by atoms with Crippen LogP contribution in [0.25, 0.3) is 0 Å². The molecule has 1 aliphatic rings. The first-order valence-electron chi connectivity index (χ1n) is 5.49. The Balaban J connectivity index is 2.18. The van der Waals surface area contributed by atoms with Crippen LogP contribution < -0.4 is 0 Å². The fraction of sp³-hybridized carbons (Fsp3) is 0.462. The monoisotopic (exact) mass is 233 g/mol. The summed E-state index contributed by atoms with van der Waals surface area (Å²) in [5.41, 5.74) is 1.92. The molecule has 16 heavy (non-hydrogen) atoms. The molecule has 1 heterocycles. The molecule has 0 aliphatic carbocycles. The van der Waals surface area contributed by atoms with Crippen molar-refractivity contribution in [1.82, 2.24) is 0 Å². The predicted molar refractivity (Wildman–Crippen MR) is 65.6 cm³/mol. The molecule has 0 bridgehead atoms. The van der Waals surface area contributed by atoms with Crippen molar-refractivity contribution in [2.24, 2.45) is 0 Å². The van der Waals surface area contributed by atoms with E-state index in [2.05, 4.69) is 19.1 Å². The van der Waals surface area contributed by atoms with Gasteiger partial charge in [0.25, 0.3) is 0 Å². The van der Waals surface area contributed by atoms with Crippen molar-refractivity contribution >= 4 is 11.8 Å². The van der Waals surface area contributed by atoms with E-state index in [1.807, 2.05) is 19.1 Å². The van der Waals surface area contributed by atoms with E-state index in [1.165, 1.54) is 0 Å². The Kier molecular flexibility index (Phi) is 3.52. The lowest BCUT2D eigenvalue weighted by Crippen LogP contribution is -2.13. The van der Waals surface area contributed by atoms with Crippen LogP contribution in [0.15, 0.2) is 23.1 Å². The summed E-state index contributed by atoms with van der Waals surface area (Å²) in [6.45, 7) is 4.95. The topological polar surface area (TPSA) is 33.0 Å². The van der Waals surface area contributed by atoms with Crippen molar-refractivity contribution in [3.05, 3.63) is 29.3 Å². The number of aryl methyl sites for hydroxylation is 1. The van der Waals surface area contributed by atoms with Crippen LogP contribution in [0.1, 0.15) is 24.5 Å². The Morgan fingerprint density at radius 2 is 2.31 bits per heavy atom. The van der Waals surface area contributed by atoms with Crippen LogP contribution in [0.4, 0.5) is 0 Å². The molecule has 1 saturated heterocycles. The van der Waals surface area contributed by atoms with Gasteiger partial charge in [0.2, 0.25) is 0 Å². The average Bonchev–Trinajstić information content (AvgIpc) is 2.67. The van der Waals surface area contributed by atoms with Crippen LogP contribution in [0.3, 0.4) is 0 Å². The van der Waals surface area contributed by atoms with Gasteiger partial charge in [-0.05, 0) is 38.0 Å². The molecular weight excluding hydrogens is 218 g/mol. The molecule has 84 valence electrons. The van der Waals surface area contributed by atoms with Gasteiger partial charge in [0.15, 0.2) is 0 Å². The quantitative estimate of drug-likeness (QED) is 0.786. The first-order chi connectivity index (χ1) is 7.70. The summed E-state index contributed by atoms with van der Waals surface area (Å²) in [6, 6.07) is 8.32. The molecule has 1 aromatic carbocycles. The number of benzene rings is 1. The zero-order valence-electron chi connectivity index (χ0n) is 9.56. The van der Waals surface area contributed by atoms with Crippen molar-refractivity contribution in [2.45, 2.75) is 36.5 Å². The van der Waals surface area contributed by atoms with Crippen LogP contribution in [-0.4, -0.2) is 18.0 Å². The summed E-state index contributed by atoms with van der Waals surface area (Å²) >= 11 is 1.77. The minimum Gasteiger partial charge on any atom is -0.377 e. The third-order valence-corrected chi connectivity index (χ3v) is 4.37. The fourth-order valence-corrected chi connectivity index (χ4v) is 3.05. The molecule has 3 heteroatoms. The van der Waals surface area contributed by atoms with Crippen molar-refractivity contribution in [3.8, 4) is 6.07 Å². The maximum Gasteiger partial charge on any atom is 0.100 e. The van der Waals surface area contributed by atoms with Gasteiger partial charge in [0, 0.05) is 16.8 Å². The number of nitriles is 1. The Hall–Kier alpha value is -0.980. The van der Waals surface area contributed by atoms with Gasteiger partial charge >= 0.3 is 0 Å². The van der Waals surface area contributed by atoms with Crippen molar-refractivity contribution in [3.63, 3.8) is 0 Å². The number of hydrogen-bond acceptors (Lipinski definition) is 3. The highest BCUT2D eigenvalue weighted by molar-refractivity contribution is 8.00. The number of thioether (sulfide) groups is 1. The fourth-order valence-electron chi connectivity index (χ4n) is 1.86. The maximum absolute atomic E-state index is 9.09. The smallest absolute Gasteiger partial charge is 0.100 e. The van der Waals surface area contributed by atoms with E-state index in [9.17, 15) is 0 Å². The first kappa shape index (κ1) is 11.5. The molecule has 1 aromatic rings. The zero-order valence-corrected chi connectivity index (χ0v) is 10.4. The van der Waals surface area contributed by atoms with Crippen LogP contribution in [0.2, 0.25) is 0 Å². The third-order valence-electron chi connectivity index (χ3n) is 2.84. The molecule has 2 rings (SSSR count). The Morgan fingerprint density at radius 1 is 1.50 bits per heavy atom. The highest BCUT2D eigenvalue weighted by atomic mass is 32.2. The summed E-state index contributed by atoms with van der Waals surface area (Å²) < 4.78 is 5.53. The molecule has 1 aliphatic heterocycles. The second-order valence-electron chi connectivity index (χ2n) is 4.13. The highest BCUT2D eigenvalue weighted by Crippen LogP contribution is 2.34. The normalized spacial score (nSPS) is 24.3. The molecule has 0 radical (unpaired) electrons. The standard InChI is InChI=1S/C13H15NOS/c1-9-3-4-13(11(7-9)8-14)16-12-5-6-15-10(12)2/h3-4,7,10,12H,5-6H2,1-2H3. The first-order valence-corrected chi connectivity index (χ1v) is 6.37. The van der Waals surface area contributed by atoms with E-state index in [0.717, 1.165) is 29.1 Å². The predicted octanol–water partition coefficient (Wildman–Crippen LogP) is 3.14. The van der Waals surface area contributed by atoms with Crippen LogP contribution in [-0.2, 0) is 4.74 Å². The molecule has 0 spiro atoms. The lowest BCUT2D eigenvalue weighted by Gasteiger charge is -2.14. The van der Waals surface area contributed by atoms with E-state index in [1.54, 1.807) is 11.8 Å². The number of ether oxygens (including phenoxy) is 1. The summed E-state index contributed by atoms with van der Waals surface area (Å²) in [5, 5.41) is 9.57. The molecule has 0 N–H and O–H groups in total. The molecule has 2 atom stereocenters. The molecule has 2 unspecified atom stereocenters. The van der Waals surface area contributed by atoms with Gasteiger partial charge in [-0.25, -0.2) is 0 Å². The van der Waals surface area contributed by atoms with E-state index in [0.29, 0.717) is 5.25 Å². The van der Waals surface area contributed by atoms with Crippen LogP contribution in [0.5, 0.6) is 0 Å². The van der Waals surface area contributed by atoms with Crippen molar-refractivity contribution in [1.29, 1.82) is 5.26 Å². The number of hydrogen-bond donors (Lipinski definition) is 0. The Bertz CT molecular complexity index is 424. The van der Waals surface area contributed by atoms with E-state index >= 15 is 0 Å². The van der Waals surface area contributed by atoms with E-state index in [4.69, 9.17) is 10.00 Å². The van der Waals surface area contributed by atoms with Gasteiger partial charge in [-0.2, -0.15) is 5.26 Å². The molecule has 0 saturated carbocycles. The van der Waals surface area contributed by atoms with Gasteiger partial charge in [-0.15, -0.1) is 11.8 Å². The van der Waals surface area contributed by atoms with Crippen molar-refractivity contribution in [2.75, 3.05) is 6.61 Å². The lowest BCUT2D eigenvalue weighted by atomic mass is 10.2. The number of rotatable bonds is 2. The van der Waals surface area contributed by atoms with E-state index in [-0.39, 0.29) is 6.10 Å². The summed E-state index contributed by atoms with van der Waals surface area (Å²) in [6.07, 6.45) is 1.36. The maximum atomic E-state index is 9.09. The molecule has 1 fully saturated rings. The highest BCUT2D eigenvalue weighted by Gasteiger charge is 2.25. The van der Waals surface area contributed by atoms with Gasteiger partial charge < -0.3 is 4.74 Å². The Morgan fingerprint density at radius 3 is 2.94 bits per heavy atom. The van der Waals surface area contributed by atoms with E-state index < -0.39 is 0 Å². The molecule has 0 aromatic heterocycles. The molecule has 0 amide bonds. The van der Waals surface area contributed by atoms with Crippen molar-refractivity contribution < 1.29 is 4.74 Å². The van der Waals surface area contributed by atoms with Gasteiger partial charge in [-0.3, -0.25) is 0 Å². The second kappa shape index (κ2) is 4.90. The zero-order chi connectivity index (χ0) is 11.5. The average molecular weight is 233 g/mol. The van der Waals surface area contributed by atoms with Crippen LogP contribution >= 0.6 is 11.8 Å². The summed E-state index contributed by atoms with van der Waals surface area (Å²) in [7, 11) is 0. The van der Waals surface area contributed by atoms with Gasteiger partial charge in [0.05, 0.1) is 11.7 Å². The largest absolute Gasteiger partial charge is 0.377 e. The van der Waals surface area contributed by atoms with Crippen LogP contribution in [0, 0.1) is 18.3 Å². The summed E-state index contributed by atoms with van der Waals surface area (Å²) in [4.78, 5) is 1.08.